The van der Waals surface area contributed by atoms with E-state index in [0.717, 1.165) is 14.1 Å². The largest absolute Gasteiger partial charge is 0.459 e. The highest BCUT2D eigenvalue weighted by molar-refractivity contribution is 7.07. The van der Waals surface area contributed by atoms with Crippen molar-refractivity contribution in [3.8, 4) is 0 Å². The van der Waals surface area contributed by atoms with Crippen LogP contribution < -0.4 is 9.60 Å². The molecule has 2 rings (SSSR count). The summed E-state index contributed by atoms with van der Waals surface area (Å²) in [5.74, 6) is -10.4. The molecule has 0 fully saturated rings. The van der Waals surface area contributed by atoms with Gasteiger partial charge in [-0.05, 0) is 0 Å². The first-order chi connectivity index (χ1) is 12.5. The minimum absolute atomic E-state index is 0.351. The molecule has 0 radical (unpaired) electrons. The number of hydrogen-bond acceptors (Lipinski definition) is 4. The molecular weight excluding hydrogens is 454 g/mol. The fourth-order valence-corrected chi connectivity index (χ4v) is 3.60. The normalized spacial score (nSPS) is 15.6. The topological polar surface area (TPSA) is 34.6 Å². The molecule has 0 bridgehead atoms. The van der Waals surface area contributed by atoms with Gasteiger partial charge in [-0.25, -0.2) is 0 Å². The molecule has 28 heavy (non-hydrogen) atoms. The van der Waals surface area contributed by atoms with E-state index in [1.165, 1.54) is 0 Å². The predicted molar refractivity (Wildman–Crippen MR) is 77.6 cm³/mol. The van der Waals surface area contributed by atoms with Gasteiger partial charge in [-0.1, -0.05) is 0 Å². The monoisotopic (exact) mass is 462 g/mol. The second-order valence-corrected chi connectivity index (χ2v) is 6.94. The molecule has 0 aromatic carbocycles. The Morgan fingerprint density at radius 3 is 1.18 bits per heavy atom. The van der Waals surface area contributed by atoms with Crippen molar-refractivity contribution in [2.75, 3.05) is 0 Å². The summed E-state index contributed by atoms with van der Waals surface area (Å²) in [6.07, 6.45) is -11.7. The van der Waals surface area contributed by atoms with Crippen LogP contribution in [0.2, 0.25) is 0 Å². The van der Waals surface area contributed by atoms with Crippen molar-refractivity contribution in [3.63, 3.8) is 0 Å². The summed E-state index contributed by atoms with van der Waals surface area (Å²) in [4.78, 5) is -0.923. The highest BCUT2D eigenvalue weighted by Crippen LogP contribution is 2.44. The summed E-state index contributed by atoms with van der Waals surface area (Å²) in [6, 6.07) is 0. The Morgan fingerprint density at radius 1 is 0.643 bits per heavy atom. The molecule has 0 aliphatic rings. The van der Waals surface area contributed by atoms with Gasteiger partial charge in [-0.2, -0.15) is 43.9 Å². The van der Waals surface area contributed by atoms with E-state index in [9.17, 15) is 43.9 Å². The zero-order valence-electron chi connectivity index (χ0n) is 13.5. The van der Waals surface area contributed by atoms with Crippen LogP contribution in [0.15, 0.2) is 21.0 Å². The summed E-state index contributed by atoms with van der Waals surface area (Å²) >= 11 is 0.701. The average molecular weight is 462 g/mol. The van der Waals surface area contributed by atoms with E-state index >= 15 is 0 Å². The molecule has 0 aliphatic heterocycles. The summed E-state index contributed by atoms with van der Waals surface area (Å²) in [5, 5.41) is 7.73. The van der Waals surface area contributed by atoms with Crippen LogP contribution in [0.25, 0.3) is 0 Å². The van der Waals surface area contributed by atoms with Crippen molar-refractivity contribution in [1.82, 2.24) is 9.13 Å². The van der Waals surface area contributed by atoms with Gasteiger partial charge >= 0.3 is 24.2 Å². The Kier molecular flexibility index (Phi) is 5.53. The summed E-state index contributed by atoms with van der Waals surface area (Å²) in [6.45, 7) is 0. The van der Waals surface area contributed by atoms with Gasteiger partial charge in [0.15, 0.2) is 0 Å². The van der Waals surface area contributed by atoms with E-state index in [2.05, 4.69) is 10.2 Å². The van der Waals surface area contributed by atoms with Gasteiger partial charge in [-0.3, -0.25) is 0 Å². The zero-order chi connectivity index (χ0) is 21.7. The van der Waals surface area contributed by atoms with Crippen molar-refractivity contribution in [3.05, 3.63) is 31.8 Å². The maximum atomic E-state index is 13.4. The predicted octanol–water partition coefficient (Wildman–Crippen LogP) is 4.21. The second-order valence-electron chi connectivity index (χ2n) is 5.27. The molecule has 2 heterocycles. The molecule has 0 spiro atoms. The molecule has 0 aliphatic carbocycles. The third-order valence-corrected chi connectivity index (χ3v) is 5.24. The molecule has 158 valence electrons. The Balaban J connectivity index is 2.52. The quantitative estimate of drug-likeness (QED) is 0.484. The second kappa shape index (κ2) is 6.89. The molecule has 0 N–H and O–H groups in total. The average Bonchev–Trinajstić information content (AvgIpc) is 3.06. The zero-order valence-corrected chi connectivity index (χ0v) is 15.2. The van der Waals surface area contributed by atoms with Crippen LogP contribution in [0.1, 0.15) is 11.4 Å². The van der Waals surface area contributed by atoms with E-state index in [1.807, 2.05) is 0 Å². The van der Waals surface area contributed by atoms with Gasteiger partial charge in [-0.15, -0.1) is 32.9 Å². The van der Waals surface area contributed by atoms with Crippen molar-refractivity contribution in [1.29, 1.82) is 0 Å². The van der Waals surface area contributed by atoms with Crippen molar-refractivity contribution < 1.29 is 43.9 Å². The number of hydrogen-bond donors (Lipinski definition) is 0. The van der Waals surface area contributed by atoms with Gasteiger partial charge in [0.05, 0.1) is 0 Å². The summed E-state index contributed by atoms with van der Waals surface area (Å²) in [5.41, 5.74) is -2.86. The fourth-order valence-electron chi connectivity index (χ4n) is 1.87. The molecular formula is C12H8F10N4S2. The van der Waals surface area contributed by atoms with Crippen LogP contribution in [0.4, 0.5) is 43.9 Å². The Bertz CT molecular complexity index is 905. The van der Waals surface area contributed by atoms with Crippen molar-refractivity contribution in [2.24, 2.45) is 24.3 Å². The first-order valence-corrected chi connectivity index (χ1v) is 8.54. The maximum absolute atomic E-state index is 13.4. The van der Waals surface area contributed by atoms with Gasteiger partial charge < -0.3 is 9.13 Å². The van der Waals surface area contributed by atoms with Crippen LogP contribution in [0.3, 0.4) is 0 Å². The lowest BCUT2D eigenvalue weighted by molar-refractivity contribution is -0.291. The number of alkyl halides is 10. The summed E-state index contributed by atoms with van der Waals surface area (Å²) < 4.78 is 129. The fraction of sp³-hybridized carbons (Fsp3) is 0.500. The molecule has 0 saturated heterocycles. The SMILES string of the molecule is Cn1c(C(F)(F)C(F)(F)F)csc1=NN=c1scc(C(F)(F)C(F)(F)F)n1C. The van der Waals surface area contributed by atoms with Crippen LogP contribution in [0.5, 0.6) is 0 Å². The Labute approximate surface area is 156 Å². The van der Waals surface area contributed by atoms with E-state index in [4.69, 9.17) is 0 Å². The summed E-state index contributed by atoms with van der Waals surface area (Å²) in [7, 11) is 1.69. The number of nitrogens with zero attached hydrogens (tertiary/aromatic N) is 4. The molecule has 0 saturated carbocycles. The van der Waals surface area contributed by atoms with E-state index in [1.54, 1.807) is 0 Å². The van der Waals surface area contributed by atoms with Crippen molar-refractivity contribution in [2.45, 2.75) is 24.2 Å². The number of thiazole rings is 2. The van der Waals surface area contributed by atoms with Gasteiger partial charge in [0, 0.05) is 24.9 Å². The molecule has 2 aromatic heterocycles. The van der Waals surface area contributed by atoms with Crippen molar-refractivity contribution >= 4 is 22.7 Å². The number of rotatable bonds is 3. The van der Waals surface area contributed by atoms with Gasteiger partial charge in [0.2, 0.25) is 9.60 Å². The first-order valence-electron chi connectivity index (χ1n) is 6.78. The maximum Gasteiger partial charge on any atom is 0.459 e. The van der Waals surface area contributed by atoms with Gasteiger partial charge in [0.1, 0.15) is 11.4 Å². The van der Waals surface area contributed by atoms with Crippen LogP contribution >= 0.6 is 22.7 Å². The molecule has 16 heteroatoms. The van der Waals surface area contributed by atoms with Crippen LogP contribution in [0, 0.1) is 0 Å². The Morgan fingerprint density at radius 2 is 0.929 bits per heavy atom. The first kappa shape index (κ1) is 22.4. The smallest absolute Gasteiger partial charge is 0.317 e. The lowest BCUT2D eigenvalue weighted by Crippen LogP contribution is -2.36. The van der Waals surface area contributed by atoms with E-state index in [-0.39, 0.29) is 0 Å². The van der Waals surface area contributed by atoms with E-state index in [0.29, 0.717) is 42.6 Å². The third kappa shape index (κ3) is 3.70. The minimum atomic E-state index is -5.86. The van der Waals surface area contributed by atoms with Crippen LogP contribution in [-0.2, 0) is 25.9 Å². The van der Waals surface area contributed by atoms with Gasteiger partial charge in [0.25, 0.3) is 0 Å². The highest BCUT2D eigenvalue weighted by Gasteiger charge is 2.61. The molecule has 0 atom stereocenters. The van der Waals surface area contributed by atoms with Crippen LogP contribution in [-0.4, -0.2) is 21.5 Å². The molecule has 2 aromatic rings. The molecule has 0 unspecified atom stereocenters. The Hall–Kier alpha value is -1.84. The van der Waals surface area contributed by atoms with E-state index < -0.39 is 45.2 Å². The number of aromatic nitrogens is 2. The highest BCUT2D eigenvalue weighted by atomic mass is 32.1. The molecule has 4 nitrogen and oxygen atoms in total. The molecule has 0 amide bonds. The number of halogens is 10. The lowest BCUT2D eigenvalue weighted by Gasteiger charge is -2.19. The standard InChI is InChI=1S/C12H8F10N4S2/c1-25-5(9(13,14)11(17,18)19)3-27-7(25)23-24-8-26(2)6(4-28-8)10(15,16)12(20,21)22/h3-4H,1-2H3. The minimum Gasteiger partial charge on any atom is -0.317 e. The lowest BCUT2D eigenvalue weighted by atomic mass is 10.2. The third-order valence-electron chi connectivity index (χ3n) is 3.43.